The largest absolute Gasteiger partial charge is 0.366 e. The molecule has 8 heteroatoms. The van der Waals surface area contributed by atoms with E-state index in [0.29, 0.717) is 31.0 Å². The fraction of sp³-hybridized carbons (Fsp3) is 0.450. The summed E-state index contributed by atoms with van der Waals surface area (Å²) in [6, 6.07) is 10.4. The van der Waals surface area contributed by atoms with Crippen molar-refractivity contribution >= 4 is 17.4 Å². The Labute approximate surface area is 165 Å². The molecule has 28 heavy (non-hydrogen) atoms. The molecule has 1 aromatic heterocycles. The molecule has 0 unspecified atom stereocenters. The highest BCUT2D eigenvalue weighted by Crippen LogP contribution is 2.21. The van der Waals surface area contributed by atoms with Crippen LogP contribution in [0.15, 0.2) is 36.4 Å². The molecule has 1 saturated heterocycles. The van der Waals surface area contributed by atoms with E-state index >= 15 is 0 Å². The van der Waals surface area contributed by atoms with Crippen molar-refractivity contribution < 1.29 is 9.18 Å². The van der Waals surface area contributed by atoms with Crippen LogP contribution >= 0.6 is 0 Å². The highest BCUT2D eigenvalue weighted by molar-refractivity contribution is 5.92. The van der Waals surface area contributed by atoms with Crippen molar-refractivity contribution in [1.82, 2.24) is 20.4 Å². The number of anilines is 2. The molecule has 3 rings (SSSR count). The minimum Gasteiger partial charge on any atom is -0.366 e. The third-order valence-corrected chi connectivity index (χ3v) is 4.75. The van der Waals surface area contributed by atoms with Crippen LogP contribution < -0.4 is 15.1 Å². The first kappa shape index (κ1) is 20.0. The first-order valence-electron chi connectivity index (χ1n) is 9.55. The number of amides is 1. The fourth-order valence-electron chi connectivity index (χ4n) is 3.19. The van der Waals surface area contributed by atoms with Gasteiger partial charge in [-0.3, -0.25) is 4.79 Å². The van der Waals surface area contributed by atoms with Crippen molar-refractivity contribution in [3.8, 4) is 0 Å². The number of nitrogens with one attached hydrogen (secondary N) is 1. The Kier molecular flexibility index (Phi) is 6.76. The lowest BCUT2D eigenvalue weighted by Gasteiger charge is -2.36. The van der Waals surface area contributed by atoms with Crippen LogP contribution in [0, 0.1) is 5.82 Å². The normalized spacial score (nSPS) is 14.4. The van der Waals surface area contributed by atoms with Gasteiger partial charge in [-0.05, 0) is 51.3 Å². The number of hydrogen-bond donors (Lipinski definition) is 1. The minimum absolute atomic E-state index is 0.198. The molecule has 0 atom stereocenters. The van der Waals surface area contributed by atoms with Crippen molar-refractivity contribution in [2.45, 2.75) is 6.42 Å². The van der Waals surface area contributed by atoms with E-state index < -0.39 is 0 Å². The van der Waals surface area contributed by atoms with E-state index in [2.05, 4.69) is 25.3 Å². The highest BCUT2D eigenvalue weighted by atomic mass is 19.1. The highest BCUT2D eigenvalue weighted by Gasteiger charge is 2.20. The Balaban J connectivity index is 1.50. The standard InChI is InChI=1S/C20H27FN6O/c1-25(2)11-5-10-22-20(28)17-8-9-19(24-23-17)27-14-12-26(13-15-27)18-7-4-3-6-16(18)21/h3-4,6-9H,5,10-15H2,1-2H3,(H,22,28). The summed E-state index contributed by atoms with van der Waals surface area (Å²) in [6.07, 6.45) is 0.885. The van der Waals surface area contributed by atoms with Gasteiger partial charge in [-0.25, -0.2) is 4.39 Å². The van der Waals surface area contributed by atoms with Gasteiger partial charge in [0.25, 0.3) is 5.91 Å². The third kappa shape index (κ3) is 5.16. The van der Waals surface area contributed by atoms with Crippen molar-refractivity contribution in [2.75, 3.05) is 63.2 Å². The first-order chi connectivity index (χ1) is 13.5. The zero-order valence-electron chi connectivity index (χ0n) is 16.4. The smallest absolute Gasteiger partial charge is 0.271 e. The second kappa shape index (κ2) is 9.45. The predicted molar refractivity (Wildman–Crippen MR) is 108 cm³/mol. The third-order valence-electron chi connectivity index (χ3n) is 4.75. The van der Waals surface area contributed by atoms with Gasteiger partial charge in [-0.1, -0.05) is 12.1 Å². The monoisotopic (exact) mass is 386 g/mol. The van der Waals surface area contributed by atoms with E-state index in [1.807, 2.05) is 31.1 Å². The van der Waals surface area contributed by atoms with E-state index in [9.17, 15) is 9.18 Å². The summed E-state index contributed by atoms with van der Waals surface area (Å²) in [4.78, 5) is 18.3. The number of carbonyl (C=O) groups is 1. The van der Waals surface area contributed by atoms with Gasteiger partial charge in [0.05, 0.1) is 5.69 Å². The van der Waals surface area contributed by atoms with E-state index in [0.717, 1.165) is 31.9 Å². The molecule has 1 N–H and O–H groups in total. The second-order valence-electron chi connectivity index (χ2n) is 7.12. The van der Waals surface area contributed by atoms with Gasteiger partial charge in [0.1, 0.15) is 5.82 Å². The quantitative estimate of drug-likeness (QED) is 0.730. The summed E-state index contributed by atoms with van der Waals surface area (Å²) >= 11 is 0. The van der Waals surface area contributed by atoms with E-state index in [1.54, 1.807) is 18.2 Å². The number of halogens is 1. The van der Waals surface area contributed by atoms with Crippen LogP contribution in [-0.4, -0.2) is 74.4 Å². The zero-order valence-corrected chi connectivity index (χ0v) is 16.4. The molecule has 7 nitrogen and oxygen atoms in total. The van der Waals surface area contributed by atoms with Crippen molar-refractivity contribution in [3.63, 3.8) is 0 Å². The lowest BCUT2D eigenvalue weighted by Crippen LogP contribution is -2.47. The number of hydrogen-bond acceptors (Lipinski definition) is 6. The van der Waals surface area contributed by atoms with Crippen LogP contribution in [0.25, 0.3) is 0 Å². The van der Waals surface area contributed by atoms with Gasteiger partial charge in [0.2, 0.25) is 0 Å². The predicted octanol–water partition coefficient (Wildman–Crippen LogP) is 1.62. The van der Waals surface area contributed by atoms with Gasteiger partial charge in [0, 0.05) is 32.7 Å². The van der Waals surface area contributed by atoms with E-state index in [1.165, 1.54) is 6.07 Å². The van der Waals surface area contributed by atoms with Crippen molar-refractivity contribution in [2.24, 2.45) is 0 Å². The van der Waals surface area contributed by atoms with Gasteiger partial charge < -0.3 is 20.0 Å². The molecule has 0 saturated carbocycles. The van der Waals surface area contributed by atoms with Gasteiger partial charge >= 0.3 is 0 Å². The van der Waals surface area contributed by atoms with E-state index in [4.69, 9.17) is 0 Å². The molecular formula is C20H27FN6O. The Hall–Kier alpha value is -2.74. The number of para-hydroxylation sites is 1. The molecule has 2 aromatic rings. The lowest BCUT2D eigenvalue weighted by molar-refractivity contribution is 0.0946. The number of benzene rings is 1. The van der Waals surface area contributed by atoms with E-state index in [-0.39, 0.29) is 11.7 Å². The molecule has 0 aliphatic carbocycles. The lowest BCUT2D eigenvalue weighted by atomic mass is 10.2. The van der Waals surface area contributed by atoms with Crippen LogP contribution in [0.5, 0.6) is 0 Å². The minimum atomic E-state index is -0.206. The number of carbonyl (C=O) groups excluding carboxylic acids is 1. The van der Waals surface area contributed by atoms with Crippen LogP contribution in [0.3, 0.4) is 0 Å². The Bertz CT molecular complexity index is 775. The summed E-state index contributed by atoms with van der Waals surface area (Å²) in [5.41, 5.74) is 0.952. The maximum Gasteiger partial charge on any atom is 0.271 e. The molecule has 1 aliphatic heterocycles. The number of aromatic nitrogens is 2. The van der Waals surface area contributed by atoms with Gasteiger partial charge in [-0.2, -0.15) is 0 Å². The summed E-state index contributed by atoms with van der Waals surface area (Å²) in [6.45, 7) is 4.38. The number of rotatable bonds is 7. The average molecular weight is 386 g/mol. The number of piperazine rings is 1. The Morgan fingerprint density at radius 3 is 2.43 bits per heavy atom. The maximum atomic E-state index is 13.9. The summed E-state index contributed by atoms with van der Waals surface area (Å²) in [5.74, 6) is 0.330. The first-order valence-corrected chi connectivity index (χ1v) is 9.55. The van der Waals surface area contributed by atoms with Gasteiger partial charge in [0.15, 0.2) is 11.5 Å². The summed E-state index contributed by atoms with van der Waals surface area (Å²) < 4.78 is 13.9. The fourth-order valence-corrected chi connectivity index (χ4v) is 3.19. The van der Waals surface area contributed by atoms with Crippen LogP contribution in [0.1, 0.15) is 16.9 Å². The van der Waals surface area contributed by atoms with Crippen LogP contribution in [0.2, 0.25) is 0 Å². The molecule has 0 spiro atoms. The molecule has 2 heterocycles. The maximum absolute atomic E-state index is 13.9. The van der Waals surface area contributed by atoms with Gasteiger partial charge in [-0.15, -0.1) is 10.2 Å². The summed E-state index contributed by atoms with van der Waals surface area (Å²) in [5, 5.41) is 11.1. The van der Waals surface area contributed by atoms with Crippen LogP contribution in [-0.2, 0) is 0 Å². The Morgan fingerprint density at radius 2 is 1.79 bits per heavy atom. The molecule has 150 valence electrons. The SMILES string of the molecule is CN(C)CCCNC(=O)c1ccc(N2CCN(c3ccccc3F)CC2)nn1. The molecule has 1 aliphatic rings. The molecule has 0 radical (unpaired) electrons. The van der Waals surface area contributed by atoms with Crippen molar-refractivity contribution in [3.05, 3.63) is 47.9 Å². The zero-order chi connectivity index (χ0) is 19.9. The molecule has 0 bridgehead atoms. The Morgan fingerprint density at radius 1 is 1.07 bits per heavy atom. The summed E-state index contributed by atoms with van der Waals surface area (Å²) in [7, 11) is 4.00. The second-order valence-corrected chi connectivity index (χ2v) is 7.12. The molecule has 1 fully saturated rings. The van der Waals surface area contributed by atoms with Crippen molar-refractivity contribution in [1.29, 1.82) is 0 Å². The molecule has 1 amide bonds. The molecular weight excluding hydrogens is 359 g/mol. The average Bonchev–Trinajstić information content (AvgIpc) is 2.71. The van der Waals surface area contributed by atoms with Crippen LogP contribution in [0.4, 0.5) is 15.9 Å². The number of nitrogens with zero attached hydrogens (tertiary/aromatic N) is 5. The molecule has 1 aromatic carbocycles. The topological polar surface area (TPSA) is 64.6 Å².